The number of nitrogen functional groups attached to an aromatic ring is 1. The minimum absolute atomic E-state index is 0.0454. The number of alkyl halides is 3. The number of hydrogen-bond acceptors (Lipinski definition) is 3. The molecule has 1 heterocycles. The van der Waals surface area contributed by atoms with Gasteiger partial charge in [0.05, 0.1) is 10.4 Å². The lowest BCUT2D eigenvalue weighted by Gasteiger charge is -2.10. The van der Waals surface area contributed by atoms with E-state index >= 15 is 0 Å². The fourth-order valence-corrected chi connectivity index (χ4v) is 2.44. The number of hydrogen-bond donors (Lipinski definition) is 1. The van der Waals surface area contributed by atoms with Gasteiger partial charge < -0.3 is 5.73 Å². The standard InChI is InChI=1S/C13H10F3NOS/c1-7-2-5-11(19-7)12(18)9-6-8(13(14,15)16)3-4-10(9)17/h2-6H,17H2,1H3. The van der Waals surface area contributed by atoms with Crippen molar-refractivity contribution in [2.24, 2.45) is 0 Å². The lowest BCUT2D eigenvalue weighted by Crippen LogP contribution is -2.10. The maximum absolute atomic E-state index is 12.6. The molecule has 0 aliphatic carbocycles. The van der Waals surface area contributed by atoms with Crippen LogP contribution in [0.15, 0.2) is 30.3 Å². The third-order valence-electron chi connectivity index (χ3n) is 2.59. The molecule has 2 aromatic rings. The van der Waals surface area contributed by atoms with Crippen molar-refractivity contribution in [2.45, 2.75) is 13.1 Å². The number of thiophene rings is 1. The summed E-state index contributed by atoms with van der Waals surface area (Å²) in [5.41, 5.74) is 4.65. The Hall–Kier alpha value is -1.82. The van der Waals surface area contributed by atoms with E-state index in [4.69, 9.17) is 5.73 Å². The van der Waals surface area contributed by atoms with Gasteiger partial charge in [-0.2, -0.15) is 13.2 Å². The van der Waals surface area contributed by atoms with Gasteiger partial charge in [-0.15, -0.1) is 11.3 Å². The Kier molecular flexibility index (Phi) is 3.36. The van der Waals surface area contributed by atoms with Crippen molar-refractivity contribution in [3.63, 3.8) is 0 Å². The molecule has 0 spiro atoms. The Labute approximate surface area is 111 Å². The number of ketones is 1. The Bertz CT molecular complexity index is 631. The van der Waals surface area contributed by atoms with Crippen LogP contribution in [0.1, 0.15) is 25.7 Å². The first-order valence-electron chi connectivity index (χ1n) is 5.37. The lowest BCUT2D eigenvalue weighted by molar-refractivity contribution is -0.137. The number of halogens is 3. The molecule has 0 bridgehead atoms. The fraction of sp³-hybridized carbons (Fsp3) is 0.154. The van der Waals surface area contributed by atoms with Crippen LogP contribution in [0.3, 0.4) is 0 Å². The van der Waals surface area contributed by atoms with E-state index in [9.17, 15) is 18.0 Å². The minimum Gasteiger partial charge on any atom is -0.398 e. The van der Waals surface area contributed by atoms with Crippen LogP contribution in [0.4, 0.5) is 18.9 Å². The van der Waals surface area contributed by atoms with Crippen LogP contribution in [-0.4, -0.2) is 5.78 Å². The quantitative estimate of drug-likeness (QED) is 0.672. The number of nitrogens with two attached hydrogens (primary N) is 1. The molecule has 2 rings (SSSR count). The molecule has 0 radical (unpaired) electrons. The van der Waals surface area contributed by atoms with Gasteiger partial charge >= 0.3 is 6.18 Å². The van der Waals surface area contributed by atoms with Crippen LogP contribution < -0.4 is 5.73 Å². The predicted molar refractivity (Wildman–Crippen MR) is 68.3 cm³/mol. The van der Waals surface area contributed by atoms with E-state index in [0.717, 1.165) is 23.1 Å². The molecule has 0 aliphatic rings. The number of rotatable bonds is 2. The van der Waals surface area contributed by atoms with E-state index in [1.165, 1.54) is 11.3 Å². The molecule has 2 N–H and O–H groups in total. The SMILES string of the molecule is Cc1ccc(C(=O)c2cc(C(F)(F)F)ccc2N)s1. The van der Waals surface area contributed by atoms with E-state index < -0.39 is 17.5 Å². The first kappa shape index (κ1) is 13.6. The third kappa shape index (κ3) is 2.78. The highest BCUT2D eigenvalue weighted by atomic mass is 32.1. The zero-order chi connectivity index (χ0) is 14.2. The van der Waals surface area contributed by atoms with Crippen molar-refractivity contribution in [1.29, 1.82) is 0 Å². The van der Waals surface area contributed by atoms with Gasteiger partial charge in [0.25, 0.3) is 0 Å². The molecule has 1 aromatic heterocycles. The summed E-state index contributed by atoms with van der Waals surface area (Å²) in [6, 6.07) is 6.10. The van der Waals surface area contributed by atoms with Crippen LogP contribution in [-0.2, 0) is 6.18 Å². The van der Waals surface area contributed by atoms with E-state index in [2.05, 4.69) is 0 Å². The van der Waals surface area contributed by atoms with Crippen LogP contribution in [0.25, 0.3) is 0 Å². The summed E-state index contributed by atoms with van der Waals surface area (Å²) in [6.45, 7) is 1.82. The molecule has 0 amide bonds. The van der Waals surface area contributed by atoms with Crippen molar-refractivity contribution < 1.29 is 18.0 Å². The van der Waals surface area contributed by atoms with Gasteiger partial charge in [-0.05, 0) is 37.3 Å². The molecule has 6 heteroatoms. The second kappa shape index (κ2) is 4.70. The van der Waals surface area contributed by atoms with Gasteiger partial charge in [0.15, 0.2) is 0 Å². The number of anilines is 1. The molecule has 2 nitrogen and oxygen atoms in total. The van der Waals surface area contributed by atoms with E-state index in [-0.39, 0.29) is 11.3 Å². The van der Waals surface area contributed by atoms with Gasteiger partial charge in [-0.25, -0.2) is 0 Å². The Morgan fingerprint density at radius 1 is 1.21 bits per heavy atom. The first-order valence-corrected chi connectivity index (χ1v) is 6.18. The average molecular weight is 285 g/mol. The molecule has 0 saturated heterocycles. The van der Waals surface area contributed by atoms with Crippen molar-refractivity contribution >= 4 is 22.8 Å². The molecule has 0 fully saturated rings. The summed E-state index contributed by atoms with van der Waals surface area (Å²) in [7, 11) is 0. The molecule has 0 saturated carbocycles. The monoisotopic (exact) mass is 285 g/mol. The normalized spacial score (nSPS) is 11.6. The minimum atomic E-state index is -4.49. The Morgan fingerprint density at radius 3 is 2.42 bits per heavy atom. The van der Waals surface area contributed by atoms with Crippen molar-refractivity contribution in [3.05, 3.63) is 51.2 Å². The highest BCUT2D eigenvalue weighted by Crippen LogP contribution is 2.32. The fourth-order valence-electron chi connectivity index (χ4n) is 1.62. The lowest BCUT2D eigenvalue weighted by atomic mass is 10.0. The average Bonchev–Trinajstić information content (AvgIpc) is 2.74. The number of aryl methyl sites for hydroxylation is 1. The van der Waals surface area contributed by atoms with Gasteiger partial charge in [0.2, 0.25) is 5.78 Å². The zero-order valence-corrected chi connectivity index (χ0v) is 10.7. The summed E-state index contributed by atoms with van der Waals surface area (Å²) in [5, 5.41) is 0. The highest BCUT2D eigenvalue weighted by molar-refractivity contribution is 7.14. The second-order valence-electron chi connectivity index (χ2n) is 4.04. The second-order valence-corrected chi connectivity index (χ2v) is 5.33. The zero-order valence-electron chi connectivity index (χ0n) is 9.91. The summed E-state index contributed by atoms with van der Waals surface area (Å²) in [4.78, 5) is 13.4. The van der Waals surface area contributed by atoms with E-state index in [1.54, 1.807) is 12.1 Å². The van der Waals surface area contributed by atoms with Crippen molar-refractivity contribution in [3.8, 4) is 0 Å². The maximum atomic E-state index is 12.6. The van der Waals surface area contributed by atoms with Crippen molar-refractivity contribution in [1.82, 2.24) is 0 Å². The van der Waals surface area contributed by atoms with Crippen LogP contribution >= 0.6 is 11.3 Å². The topological polar surface area (TPSA) is 43.1 Å². The largest absolute Gasteiger partial charge is 0.416 e. The van der Waals surface area contributed by atoms with Gasteiger partial charge in [0, 0.05) is 16.1 Å². The van der Waals surface area contributed by atoms with Gasteiger partial charge in [-0.3, -0.25) is 4.79 Å². The molecule has 100 valence electrons. The van der Waals surface area contributed by atoms with E-state index in [1.807, 2.05) is 6.92 Å². The predicted octanol–water partition coefficient (Wildman–Crippen LogP) is 3.89. The smallest absolute Gasteiger partial charge is 0.398 e. The summed E-state index contributed by atoms with van der Waals surface area (Å²) in [5.74, 6) is -0.485. The maximum Gasteiger partial charge on any atom is 0.416 e. The summed E-state index contributed by atoms with van der Waals surface area (Å²) in [6.07, 6.45) is -4.49. The van der Waals surface area contributed by atoms with Gasteiger partial charge in [-0.1, -0.05) is 0 Å². The van der Waals surface area contributed by atoms with Crippen LogP contribution in [0, 0.1) is 6.92 Å². The number of benzene rings is 1. The molecule has 19 heavy (non-hydrogen) atoms. The van der Waals surface area contributed by atoms with E-state index in [0.29, 0.717) is 4.88 Å². The Balaban J connectivity index is 2.47. The molecule has 0 atom stereocenters. The number of carbonyl (C=O) groups is 1. The molecule has 1 aromatic carbocycles. The van der Waals surface area contributed by atoms with Crippen molar-refractivity contribution in [2.75, 3.05) is 5.73 Å². The van der Waals surface area contributed by atoms with Crippen LogP contribution in [0.2, 0.25) is 0 Å². The molecular weight excluding hydrogens is 275 g/mol. The van der Waals surface area contributed by atoms with Crippen LogP contribution in [0.5, 0.6) is 0 Å². The number of carbonyl (C=O) groups excluding carboxylic acids is 1. The summed E-state index contributed by atoms with van der Waals surface area (Å²) >= 11 is 1.23. The third-order valence-corrected chi connectivity index (χ3v) is 3.59. The Morgan fingerprint density at radius 2 is 1.89 bits per heavy atom. The first-order chi connectivity index (χ1) is 8.79. The molecule has 0 aliphatic heterocycles. The van der Waals surface area contributed by atoms with Gasteiger partial charge in [0.1, 0.15) is 0 Å². The highest BCUT2D eigenvalue weighted by Gasteiger charge is 2.31. The molecule has 0 unspecified atom stereocenters. The molecular formula is C13H10F3NOS. The summed E-state index contributed by atoms with van der Waals surface area (Å²) < 4.78 is 37.9.